The second-order valence-electron chi connectivity index (χ2n) is 4.98. The van der Waals surface area contributed by atoms with Crippen LogP contribution in [-0.2, 0) is 0 Å². The second kappa shape index (κ2) is 5.93. The molecule has 5 heteroatoms. The van der Waals surface area contributed by atoms with Crippen molar-refractivity contribution in [3.8, 4) is 0 Å². The fourth-order valence-electron chi connectivity index (χ4n) is 2.06. The third-order valence-electron chi connectivity index (χ3n) is 3.21. The van der Waals surface area contributed by atoms with Gasteiger partial charge < -0.3 is 20.4 Å². The van der Waals surface area contributed by atoms with Crippen LogP contribution in [0.5, 0.6) is 0 Å². The molecule has 4 unspecified atom stereocenters. The number of hydrogen-bond donors (Lipinski definition) is 4. The van der Waals surface area contributed by atoms with Crippen LogP contribution in [0.2, 0.25) is 0 Å². The van der Waals surface area contributed by atoms with Crippen LogP contribution in [0.3, 0.4) is 0 Å². The molecule has 0 aromatic carbocycles. The van der Waals surface area contributed by atoms with Gasteiger partial charge in [0, 0.05) is 6.54 Å². The van der Waals surface area contributed by atoms with E-state index in [9.17, 15) is 20.4 Å². The first-order chi connectivity index (χ1) is 7.47. The summed E-state index contributed by atoms with van der Waals surface area (Å²) >= 11 is 0. The summed E-state index contributed by atoms with van der Waals surface area (Å²) in [7, 11) is 0. The Bertz CT molecular complexity index is 212. The lowest BCUT2D eigenvalue weighted by molar-refractivity contribution is -0.145. The van der Waals surface area contributed by atoms with Crippen LogP contribution in [0.1, 0.15) is 20.3 Å². The zero-order valence-electron chi connectivity index (χ0n) is 9.95. The average molecular weight is 233 g/mol. The van der Waals surface area contributed by atoms with E-state index in [0.717, 1.165) is 6.42 Å². The van der Waals surface area contributed by atoms with E-state index in [4.69, 9.17) is 0 Å². The fraction of sp³-hybridized carbons (Fsp3) is 1.00. The smallest absolute Gasteiger partial charge is 0.109 e. The third-order valence-corrected chi connectivity index (χ3v) is 3.21. The number of likely N-dealkylation sites (tertiary alicyclic amines) is 1. The Hall–Kier alpha value is -0.200. The Labute approximate surface area is 96.3 Å². The molecular formula is C11H23NO4. The van der Waals surface area contributed by atoms with Crippen LogP contribution in [0, 0.1) is 5.92 Å². The van der Waals surface area contributed by atoms with E-state index in [1.54, 1.807) is 0 Å². The van der Waals surface area contributed by atoms with Gasteiger partial charge in [0.1, 0.15) is 12.2 Å². The van der Waals surface area contributed by atoms with Gasteiger partial charge in [-0.05, 0) is 18.9 Å². The summed E-state index contributed by atoms with van der Waals surface area (Å²) in [6.07, 6.45) is -2.25. The maximum absolute atomic E-state index is 9.73. The fourth-order valence-corrected chi connectivity index (χ4v) is 2.06. The van der Waals surface area contributed by atoms with Crippen molar-refractivity contribution >= 4 is 0 Å². The van der Waals surface area contributed by atoms with Crippen LogP contribution < -0.4 is 0 Å². The van der Waals surface area contributed by atoms with Crippen molar-refractivity contribution in [1.29, 1.82) is 0 Å². The number of aliphatic hydroxyl groups is 4. The molecule has 0 spiro atoms. The van der Waals surface area contributed by atoms with E-state index in [2.05, 4.69) is 13.8 Å². The quantitative estimate of drug-likeness (QED) is 0.490. The van der Waals surface area contributed by atoms with Crippen LogP contribution in [0.4, 0.5) is 0 Å². The molecule has 4 N–H and O–H groups in total. The molecule has 0 amide bonds. The molecule has 1 aliphatic rings. The van der Waals surface area contributed by atoms with Crippen molar-refractivity contribution in [2.24, 2.45) is 5.92 Å². The van der Waals surface area contributed by atoms with Crippen LogP contribution >= 0.6 is 0 Å². The van der Waals surface area contributed by atoms with E-state index < -0.39 is 24.4 Å². The topological polar surface area (TPSA) is 84.2 Å². The van der Waals surface area contributed by atoms with Crippen molar-refractivity contribution in [3.05, 3.63) is 0 Å². The van der Waals surface area contributed by atoms with Crippen LogP contribution in [-0.4, -0.2) is 69.4 Å². The van der Waals surface area contributed by atoms with Gasteiger partial charge in [-0.15, -0.1) is 0 Å². The molecule has 1 heterocycles. The van der Waals surface area contributed by atoms with E-state index in [-0.39, 0.29) is 6.61 Å². The maximum Gasteiger partial charge on any atom is 0.109 e. The molecule has 0 radical (unpaired) electrons. The van der Waals surface area contributed by atoms with E-state index in [0.29, 0.717) is 19.0 Å². The SMILES string of the molecule is CC(C)CCN1CC(O)C(O)C(O)C1CO. The van der Waals surface area contributed by atoms with Gasteiger partial charge in [0.25, 0.3) is 0 Å². The molecule has 16 heavy (non-hydrogen) atoms. The summed E-state index contributed by atoms with van der Waals surface area (Å²) in [5.74, 6) is 0.528. The number of nitrogens with zero attached hydrogens (tertiary/aromatic N) is 1. The van der Waals surface area contributed by atoms with Crippen molar-refractivity contribution in [3.63, 3.8) is 0 Å². The molecule has 1 rings (SSSR count). The predicted octanol–water partition coefficient (Wildman–Crippen LogP) is -1.21. The van der Waals surface area contributed by atoms with Gasteiger partial charge in [0.05, 0.1) is 18.8 Å². The number of rotatable bonds is 4. The summed E-state index contributed by atoms with van der Waals surface area (Å²) in [6, 6.07) is -0.475. The van der Waals surface area contributed by atoms with E-state index in [1.807, 2.05) is 4.90 Å². The van der Waals surface area contributed by atoms with Crippen LogP contribution in [0.15, 0.2) is 0 Å². The van der Waals surface area contributed by atoms with Gasteiger partial charge in [-0.25, -0.2) is 0 Å². The average Bonchev–Trinajstić information content (AvgIpc) is 2.23. The number of β-amino-alcohol motifs (C(OH)–C–C–N with tert-alkyl or cyclic N) is 1. The summed E-state index contributed by atoms with van der Waals surface area (Å²) in [5.41, 5.74) is 0. The first-order valence-electron chi connectivity index (χ1n) is 5.86. The lowest BCUT2D eigenvalue weighted by Gasteiger charge is -2.43. The van der Waals surface area contributed by atoms with Crippen molar-refractivity contribution in [1.82, 2.24) is 4.90 Å². The standard InChI is InChI=1S/C11H23NO4/c1-7(2)3-4-12-5-9(14)11(16)10(15)8(12)6-13/h7-11,13-16H,3-6H2,1-2H3. The summed E-state index contributed by atoms with van der Waals surface area (Å²) < 4.78 is 0. The minimum Gasteiger partial charge on any atom is -0.395 e. The van der Waals surface area contributed by atoms with E-state index in [1.165, 1.54) is 0 Å². The Kier molecular flexibility index (Phi) is 5.14. The monoisotopic (exact) mass is 233 g/mol. The summed E-state index contributed by atoms with van der Waals surface area (Å²) in [5, 5.41) is 38.0. The molecule has 0 aromatic rings. The molecule has 0 bridgehead atoms. The van der Waals surface area contributed by atoms with Gasteiger partial charge in [-0.2, -0.15) is 0 Å². The zero-order chi connectivity index (χ0) is 12.3. The largest absolute Gasteiger partial charge is 0.395 e. The minimum absolute atomic E-state index is 0.205. The maximum atomic E-state index is 9.73. The predicted molar refractivity (Wildman–Crippen MR) is 59.9 cm³/mol. The summed E-state index contributed by atoms with van der Waals surface area (Å²) in [4.78, 5) is 1.85. The minimum atomic E-state index is -1.16. The Balaban J connectivity index is 2.59. The molecule has 1 saturated heterocycles. The highest BCUT2D eigenvalue weighted by molar-refractivity contribution is 4.94. The highest BCUT2D eigenvalue weighted by Crippen LogP contribution is 2.19. The normalized spacial score (nSPS) is 36.9. The highest BCUT2D eigenvalue weighted by Gasteiger charge is 2.40. The molecule has 96 valence electrons. The third kappa shape index (κ3) is 3.15. The van der Waals surface area contributed by atoms with Gasteiger partial charge in [-0.1, -0.05) is 13.8 Å². The first kappa shape index (κ1) is 13.9. The molecule has 5 nitrogen and oxygen atoms in total. The molecule has 0 aliphatic carbocycles. The highest BCUT2D eigenvalue weighted by atomic mass is 16.4. The van der Waals surface area contributed by atoms with Crippen molar-refractivity contribution < 1.29 is 20.4 Å². The summed E-state index contributed by atoms with van der Waals surface area (Å²) in [6.45, 7) is 5.00. The molecule has 1 aliphatic heterocycles. The Morgan fingerprint density at radius 3 is 2.31 bits per heavy atom. The molecule has 0 saturated carbocycles. The lowest BCUT2D eigenvalue weighted by Crippen LogP contribution is -2.62. The Morgan fingerprint density at radius 1 is 1.19 bits per heavy atom. The van der Waals surface area contributed by atoms with Gasteiger partial charge in [-0.3, -0.25) is 4.90 Å². The van der Waals surface area contributed by atoms with Crippen LogP contribution in [0.25, 0.3) is 0 Å². The van der Waals surface area contributed by atoms with Gasteiger partial charge >= 0.3 is 0 Å². The molecule has 1 fully saturated rings. The van der Waals surface area contributed by atoms with Gasteiger partial charge in [0.15, 0.2) is 0 Å². The number of aliphatic hydroxyl groups excluding tert-OH is 4. The number of hydrogen-bond acceptors (Lipinski definition) is 5. The second-order valence-corrected chi connectivity index (χ2v) is 4.98. The van der Waals surface area contributed by atoms with Crippen molar-refractivity contribution in [2.75, 3.05) is 19.7 Å². The zero-order valence-corrected chi connectivity index (χ0v) is 9.95. The lowest BCUT2D eigenvalue weighted by atomic mass is 9.93. The first-order valence-corrected chi connectivity index (χ1v) is 5.86. The molecule has 4 atom stereocenters. The molecule has 0 aromatic heterocycles. The van der Waals surface area contributed by atoms with E-state index >= 15 is 0 Å². The van der Waals surface area contributed by atoms with Gasteiger partial charge in [0.2, 0.25) is 0 Å². The Morgan fingerprint density at radius 2 is 1.81 bits per heavy atom. The number of piperidine rings is 1. The van der Waals surface area contributed by atoms with Crippen molar-refractivity contribution in [2.45, 2.75) is 44.6 Å². The molecular weight excluding hydrogens is 210 g/mol.